The number of hydrogen-bond donors (Lipinski definition) is 0. The van der Waals surface area contributed by atoms with E-state index in [0.29, 0.717) is 0 Å². The lowest BCUT2D eigenvalue weighted by atomic mass is 9.92. The molecular formula is C15H16. The fraction of sp³-hybridized carbons (Fsp3) is 0.200. The van der Waals surface area contributed by atoms with Crippen LogP contribution in [0, 0.1) is 12.8 Å². The number of fused-ring (bicyclic) bond motifs is 1. The Balaban J connectivity index is 2.50. The zero-order chi connectivity index (χ0) is 10.7. The van der Waals surface area contributed by atoms with Crippen molar-refractivity contribution in [3.05, 3.63) is 60.9 Å². The van der Waals surface area contributed by atoms with Crippen LogP contribution in [0.2, 0.25) is 0 Å². The molecule has 0 aliphatic rings. The molecule has 0 heterocycles. The maximum absolute atomic E-state index is 3.91. The summed E-state index contributed by atoms with van der Waals surface area (Å²) in [5.74, 6) is 1.43. The van der Waals surface area contributed by atoms with E-state index >= 15 is 0 Å². The normalized spacial score (nSPS) is 11.1. The van der Waals surface area contributed by atoms with Crippen molar-refractivity contribution >= 4 is 10.8 Å². The number of hydrogen-bond acceptors (Lipinski definition) is 0. The second-order valence-electron chi connectivity index (χ2n) is 3.91. The molecule has 0 amide bonds. The quantitative estimate of drug-likeness (QED) is 0.682. The van der Waals surface area contributed by atoms with E-state index in [1.54, 1.807) is 0 Å². The lowest BCUT2D eigenvalue weighted by molar-refractivity contribution is 0.881. The third-order valence-corrected chi connectivity index (χ3v) is 2.80. The van der Waals surface area contributed by atoms with Gasteiger partial charge in [-0.25, -0.2) is 0 Å². The maximum atomic E-state index is 3.91. The molecule has 2 radical (unpaired) electrons. The number of rotatable bonds is 3. The van der Waals surface area contributed by atoms with Crippen LogP contribution in [0.25, 0.3) is 10.8 Å². The predicted octanol–water partition coefficient (Wildman–Crippen LogP) is 4.40. The molecule has 2 rings (SSSR count). The SMILES string of the molecule is [CH2]CC[C](C)c1cccc2ccccc12. The van der Waals surface area contributed by atoms with Gasteiger partial charge in [0.1, 0.15) is 0 Å². The Labute approximate surface area is 91.9 Å². The van der Waals surface area contributed by atoms with Crippen LogP contribution >= 0.6 is 0 Å². The first-order valence-corrected chi connectivity index (χ1v) is 5.42. The van der Waals surface area contributed by atoms with Crippen LogP contribution in [0.4, 0.5) is 0 Å². The van der Waals surface area contributed by atoms with Crippen LogP contribution < -0.4 is 0 Å². The maximum Gasteiger partial charge on any atom is 0.00252 e. The summed E-state index contributed by atoms with van der Waals surface area (Å²) in [6, 6.07) is 15.0. The van der Waals surface area contributed by atoms with Crippen molar-refractivity contribution in [2.24, 2.45) is 0 Å². The molecule has 76 valence electrons. The molecule has 0 N–H and O–H groups in total. The average Bonchev–Trinajstić information content (AvgIpc) is 2.28. The van der Waals surface area contributed by atoms with Gasteiger partial charge in [0.25, 0.3) is 0 Å². The van der Waals surface area contributed by atoms with Gasteiger partial charge in [-0.3, -0.25) is 0 Å². The van der Waals surface area contributed by atoms with Crippen LogP contribution in [-0.2, 0) is 0 Å². The summed E-state index contributed by atoms with van der Waals surface area (Å²) < 4.78 is 0. The third kappa shape index (κ3) is 2.04. The molecule has 0 aliphatic heterocycles. The van der Waals surface area contributed by atoms with Gasteiger partial charge in [0, 0.05) is 5.92 Å². The largest absolute Gasteiger partial charge is 0.0616 e. The highest BCUT2D eigenvalue weighted by Gasteiger charge is 2.07. The first kappa shape index (κ1) is 10.2. The fourth-order valence-corrected chi connectivity index (χ4v) is 2.00. The minimum absolute atomic E-state index is 0.967. The van der Waals surface area contributed by atoms with Gasteiger partial charge < -0.3 is 0 Å². The first-order chi connectivity index (χ1) is 7.33. The molecule has 0 nitrogen and oxygen atoms in total. The van der Waals surface area contributed by atoms with E-state index in [1.165, 1.54) is 22.3 Å². The van der Waals surface area contributed by atoms with Gasteiger partial charge in [-0.1, -0.05) is 62.7 Å². The summed E-state index contributed by atoms with van der Waals surface area (Å²) in [5, 5.41) is 2.67. The van der Waals surface area contributed by atoms with Crippen LogP contribution in [-0.4, -0.2) is 0 Å². The summed E-state index contributed by atoms with van der Waals surface area (Å²) in [6.45, 7) is 6.11. The van der Waals surface area contributed by atoms with Gasteiger partial charge in [-0.15, -0.1) is 0 Å². The molecule has 0 atom stereocenters. The minimum atomic E-state index is 0.967. The van der Waals surface area contributed by atoms with Crippen molar-refractivity contribution in [3.8, 4) is 0 Å². The van der Waals surface area contributed by atoms with Crippen LogP contribution in [0.1, 0.15) is 25.3 Å². The van der Waals surface area contributed by atoms with Crippen molar-refractivity contribution < 1.29 is 0 Å². The Bertz CT molecular complexity index is 437. The second-order valence-corrected chi connectivity index (χ2v) is 3.91. The lowest BCUT2D eigenvalue weighted by Gasteiger charge is -2.12. The van der Waals surface area contributed by atoms with E-state index in [-0.39, 0.29) is 0 Å². The van der Waals surface area contributed by atoms with E-state index in [1.807, 2.05) is 0 Å². The van der Waals surface area contributed by atoms with Crippen molar-refractivity contribution in [2.75, 3.05) is 0 Å². The molecule has 15 heavy (non-hydrogen) atoms. The monoisotopic (exact) mass is 196 g/mol. The Morgan fingerprint density at radius 2 is 1.80 bits per heavy atom. The summed E-state index contributed by atoms with van der Waals surface area (Å²) >= 11 is 0. The van der Waals surface area contributed by atoms with Crippen molar-refractivity contribution in [1.29, 1.82) is 0 Å². The molecule has 0 bridgehead atoms. The van der Waals surface area contributed by atoms with Gasteiger partial charge in [0.15, 0.2) is 0 Å². The molecule has 2 aromatic carbocycles. The molecular weight excluding hydrogens is 180 g/mol. The Morgan fingerprint density at radius 1 is 1.07 bits per heavy atom. The topological polar surface area (TPSA) is 0 Å². The molecule has 0 saturated carbocycles. The zero-order valence-electron chi connectivity index (χ0n) is 9.16. The molecule has 0 unspecified atom stereocenters. The zero-order valence-corrected chi connectivity index (χ0v) is 9.16. The molecule has 0 fully saturated rings. The Morgan fingerprint density at radius 3 is 2.60 bits per heavy atom. The highest BCUT2D eigenvalue weighted by atomic mass is 14.1. The molecule has 0 aliphatic carbocycles. The van der Waals surface area contributed by atoms with Gasteiger partial charge in [-0.05, 0) is 22.8 Å². The van der Waals surface area contributed by atoms with E-state index in [9.17, 15) is 0 Å². The molecule has 0 spiro atoms. The highest BCUT2D eigenvalue weighted by Crippen LogP contribution is 2.27. The molecule has 0 aromatic heterocycles. The minimum Gasteiger partial charge on any atom is -0.0616 e. The average molecular weight is 196 g/mol. The first-order valence-electron chi connectivity index (χ1n) is 5.42. The Kier molecular flexibility index (Phi) is 3.05. The summed E-state index contributed by atoms with van der Waals surface area (Å²) in [7, 11) is 0. The van der Waals surface area contributed by atoms with Crippen molar-refractivity contribution in [2.45, 2.75) is 19.8 Å². The van der Waals surface area contributed by atoms with Gasteiger partial charge >= 0.3 is 0 Å². The molecule has 0 heteroatoms. The van der Waals surface area contributed by atoms with E-state index in [2.05, 4.69) is 56.3 Å². The highest BCUT2D eigenvalue weighted by molar-refractivity contribution is 5.87. The van der Waals surface area contributed by atoms with Crippen molar-refractivity contribution in [3.63, 3.8) is 0 Å². The van der Waals surface area contributed by atoms with Gasteiger partial charge in [-0.2, -0.15) is 0 Å². The van der Waals surface area contributed by atoms with E-state index < -0.39 is 0 Å². The smallest absolute Gasteiger partial charge is 0.00252 e. The lowest BCUT2D eigenvalue weighted by Crippen LogP contribution is -1.94. The second kappa shape index (κ2) is 4.48. The molecule has 0 saturated heterocycles. The van der Waals surface area contributed by atoms with E-state index in [4.69, 9.17) is 0 Å². The van der Waals surface area contributed by atoms with Crippen LogP contribution in [0.15, 0.2) is 42.5 Å². The van der Waals surface area contributed by atoms with E-state index in [0.717, 1.165) is 12.8 Å². The van der Waals surface area contributed by atoms with Gasteiger partial charge in [0.2, 0.25) is 0 Å². The Hall–Kier alpha value is -1.30. The summed E-state index contributed by atoms with van der Waals surface area (Å²) in [5.41, 5.74) is 1.37. The summed E-state index contributed by atoms with van der Waals surface area (Å²) in [6.07, 6.45) is 2.04. The van der Waals surface area contributed by atoms with Gasteiger partial charge in [0.05, 0.1) is 0 Å². The van der Waals surface area contributed by atoms with Crippen LogP contribution in [0.3, 0.4) is 0 Å². The fourth-order valence-electron chi connectivity index (χ4n) is 2.00. The van der Waals surface area contributed by atoms with Crippen molar-refractivity contribution in [1.82, 2.24) is 0 Å². The standard InChI is InChI=1S/C15H16/c1-3-7-12(2)14-11-6-9-13-8-4-5-10-15(13)14/h4-6,8-11H,1,3,7H2,2H3. The van der Waals surface area contributed by atoms with Crippen LogP contribution in [0.5, 0.6) is 0 Å². The number of benzene rings is 2. The molecule has 2 aromatic rings. The predicted molar refractivity (Wildman–Crippen MR) is 66.6 cm³/mol. The summed E-state index contributed by atoms with van der Waals surface area (Å²) in [4.78, 5) is 0. The third-order valence-electron chi connectivity index (χ3n) is 2.80.